The molecule has 5 heteroatoms. The van der Waals surface area contributed by atoms with Crippen LogP contribution in [0.3, 0.4) is 0 Å². The van der Waals surface area contributed by atoms with Gasteiger partial charge in [-0.2, -0.15) is 0 Å². The summed E-state index contributed by atoms with van der Waals surface area (Å²) in [4.78, 5) is 0.836. The molecule has 0 aromatic carbocycles. The highest BCUT2D eigenvalue weighted by Gasteiger charge is 2.30. The van der Waals surface area contributed by atoms with Crippen molar-refractivity contribution in [2.24, 2.45) is 5.73 Å². The lowest BCUT2D eigenvalue weighted by molar-refractivity contribution is -0.0402. The highest BCUT2D eigenvalue weighted by Crippen LogP contribution is 2.34. The van der Waals surface area contributed by atoms with E-state index in [0.717, 1.165) is 11.3 Å². The van der Waals surface area contributed by atoms with Gasteiger partial charge in [-0.15, -0.1) is 11.3 Å². The summed E-state index contributed by atoms with van der Waals surface area (Å²) in [7, 11) is 1.57. The molecule has 3 nitrogen and oxygen atoms in total. The Labute approximate surface area is 98.8 Å². The van der Waals surface area contributed by atoms with E-state index in [4.69, 9.17) is 22.1 Å². The van der Waals surface area contributed by atoms with Crippen LogP contribution in [0.15, 0.2) is 12.1 Å². The van der Waals surface area contributed by atoms with Gasteiger partial charge in [0.15, 0.2) is 0 Å². The minimum absolute atomic E-state index is 0.268. The van der Waals surface area contributed by atoms with Gasteiger partial charge in [0.1, 0.15) is 5.60 Å². The molecule has 0 amide bonds. The highest BCUT2D eigenvalue weighted by atomic mass is 35.5. The SMILES string of the molecule is COCC(O)(CCCN)c1ccc(Cl)s1. The van der Waals surface area contributed by atoms with Crippen molar-refractivity contribution in [2.75, 3.05) is 20.3 Å². The maximum atomic E-state index is 10.4. The van der Waals surface area contributed by atoms with Gasteiger partial charge in [-0.1, -0.05) is 11.6 Å². The zero-order valence-corrected chi connectivity index (χ0v) is 10.3. The molecule has 1 unspecified atom stereocenters. The third-order valence-corrected chi connectivity index (χ3v) is 3.63. The van der Waals surface area contributed by atoms with Gasteiger partial charge in [-0.25, -0.2) is 0 Å². The first kappa shape index (κ1) is 12.9. The van der Waals surface area contributed by atoms with Crippen LogP contribution in [0.25, 0.3) is 0 Å². The first-order valence-electron chi connectivity index (χ1n) is 4.79. The van der Waals surface area contributed by atoms with Crippen LogP contribution in [-0.4, -0.2) is 25.4 Å². The van der Waals surface area contributed by atoms with Crippen LogP contribution >= 0.6 is 22.9 Å². The molecule has 0 saturated heterocycles. The monoisotopic (exact) mass is 249 g/mol. The molecule has 1 atom stereocenters. The van der Waals surface area contributed by atoms with E-state index in [1.807, 2.05) is 6.07 Å². The lowest BCUT2D eigenvalue weighted by Crippen LogP contribution is -2.31. The molecule has 1 aromatic heterocycles. The molecule has 0 spiro atoms. The summed E-state index contributed by atoms with van der Waals surface area (Å²) in [5, 5.41) is 10.4. The van der Waals surface area contributed by atoms with Gasteiger partial charge in [0.05, 0.1) is 10.9 Å². The Balaban J connectivity index is 2.79. The van der Waals surface area contributed by atoms with Crippen molar-refractivity contribution >= 4 is 22.9 Å². The van der Waals surface area contributed by atoms with Crippen molar-refractivity contribution < 1.29 is 9.84 Å². The standard InChI is InChI=1S/C10H16ClNO2S/c1-14-7-10(13,5-2-6-12)8-3-4-9(11)15-8/h3-4,13H,2,5-7,12H2,1H3. The van der Waals surface area contributed by atoms with E-state index >= 15 is 0 Å². The second-order valence-electron chi connectivity index (χ2n) is 3.46. The molecule has 0 aliphatic heterocycles. The van der Waals surface area contributed by atoms with Crippen LogP contribution in [0.2, 0.25) is 4.34 Å². The van der Waals surface area contributed by atoms with E-state index in [1.54, 1.807) is 13.2 Å². The quantitative estimate of drug-likeness (QED) is 0.811. The summed E-state index contributed by atoms with van der Waals surface area (Å²) in [6, 6.07) is 3.62. The van der Waals surface area contributed by atoms with E-state index in [0.29, 0.717) is 17.3 Å². The number of thiophene rings is 1. The normalized spacial score (nSPS) is 15.2. The van der Waals surface area contributed by atoms with Crippen molar-refractivity contribution in [1.29, 1.82) is 0 Å². The van der Waals surface area contributed by atoms with Crippen molar-refractivity contribution in [3.05, 3.63) is 21.3 Å². The van der Waals surface area contributed by atoms with E-state index in [2.05, 4.69) is 0 Å². The fraction of sp³-hybridized carbons (Fsp3) is 0.600. The van der Waals surface area contributed by atoms with Crippen molar-refractivity contribution in [2.45, 2.75) is 18.4 Å². The van der Waals surface area contributed by atoms with E-state index in [9.17, 15) is 5.11 Å². The minimum atomic E-state index is -0.952. The third kappa shape index (κ3) is 3.43. The van der Waals surface area contributed by atoms with Crippen molar-refractivity contribution in [3.63, 3.8) is 0 Å². The number of ether oxygens (including phenoxy) is 1. The van der Waals surface area contributed by atoms with E-state index < -0.39 is 5.60 Å². The maximum absolute atomic E-state index is 10.4. The first-order valence-corrected chi connectivity index (χ1v) is 5.99. The molecule has 1 heterocycles. The van der Waals surface area contributed by atoms with Gasteiger partial charge < -0.3 is 15.6 Å². The van der Waals surface area contributed by atoms with Crippen LogP contribution < -0.4 is 5.73 Å². The largest absolute Gasteiger partial charge is 0.382 e. The topological polar surface area (TPSA) is 55.5 Å². The zero-order chi connectivity index (χ0) is 11.3. The second kappa shape index (κ2) is 5.82. The Hall–Kier alpha value is -0.130. The zero-order valence-electron chi connectivity index (χ0n) is 8.70. The Bertz CT molecular complexity index is 305. The van der Waals surface area contributed by atoms with Crippen LogP contribution in [-0.2, 0) is 10.3 Å². The Morgan fingerprint density at radius 1 is 1.60 bits per heavy atom. The number of nitrogens with two attached hydrogens (primary N) is 1. The predicted octanol–water partition coefficient (Wildman–Crippen LogP) is 1.97. The number of methoxy groups -OCH3 is 1. The lowest BCUT2D eigenvalue weighted by Gasteiger charge is -2.25. The Morgan fingerprint density at radius 2 is 2.33 bits per heavy atom. The van der Waals surface area contributed by atoms with Gasteiger partial charge in [-0.3, -0.25) is 0 Å². The first-order chi connectivity index (χ1) is 7.12. The van der Waals surface area contributed by atoms with Crippen LogP contribution in [0.1, 0.15) is 17.7 Å². The average molecular weight is 250 g/mol. The average Bonchev–Trinajstić information content (AvgIpc) is 2.63. The molecule has 3 N–H and O–H groups in total. The summed E-state index contributed by atoms with van der Waals surface area (Å²) in [6.45, 7) is 0.828. The number of hydrogen-bond acceptors (Lipinski definition) is 4. The molecule has 0 fully saturated rings. The van der Waals surface area contributed by atoms with E-state index in [-0.39, 0.29) is 6.61 Å². The molecular weight excluding hydrogens is 234 g/mol. The van der Waals surface area contributed by atoms with Crippen LogP contribution in [0.4, 0.5) is 0 Å². The van der Waals surface area contributed by atoms with E-state index in [1.165, 1.54) is 11.3 Å². The number of rotatable bonds is 6. The number of halogens is 1. The Morgan fingerprint density at radius 3 is 2.80 bits per heavy atom. The van der Waals surface area contributed by atoms with Gasteiger partial charge in [0.2, 0.25) is 0 Å². The molecule has 0 aliphatic rings. The van der Waals surface area contributed by atoms with Crippen LogP contribution in [0.5, 0.6) is 0 Å². The van der Waals surface area contributed by atoms with Gasteiger partial charge in [-0.05, 0) is 31.5 Å². The minimum Gasteiger partial charge on any atom is -0.382 e. The number of hydrogen-bond donors (Lipinski definition) is 2. The molecule has 0 saturated carbocycles. The van der Waals surface area contributed by atoms with Crippen LogP contribution in [0, 0.1) is 0 Å². The third-order valence-electron chi connectivity index (χ3n) is 2.21. The fourth-order valence-corrected chi connectivity index (χ4v) is 2.61. The summed E-state index contributed by atoms with van der Waals surface area (Å²) in [5.41, 5.74) is 4.49. The molecule has 86 valence electrons. The van der Waals surface area contributed by atoms with Gasteiger partial charge >= 0.3 is 0 Å². The number of aliphatic hydroxyl groups is 1. The summed E-state index contributed by atoms with van der Waals surface area (Å²) in [6.07, 6.45) is 1.35. The molecule has 1 rings (SSSR count). The highest BCUT2D eigenvalue weighted by molar-refractivity contribution is 7.16. The molecule has 0 bridgehead atoms. The van der Waals surface area contributed by atoms with Gasteiger partial charge in [0, 0.05) is 12.0 Å². The fourth-order valence-electron chi connectivity index (χ4n) is 1.46. The van der Waals surface area contributed by atoms with Crippen molar-refractivity contribution in [1.82, 2.24) is 0 Å². The molecule has 0 radical (unpaired) electrons. The van der Waals surface area contributed by atoms with Gasteiger partial charge in [0.25, 0.3) is 0 Å². The second-order valence-corrected chi connectivity index (χ2v) is 5.18. The predicted molar refractivity (Wildman–Crippen MR) is 63.4 cm³/mol. The molecular formula is C10H16ClNO2S. The lowest BCUT2D eigenvalue weighted by atomic mass is 9.97. The van der Waals surface area contributed by atoms with Crippen molar-refractivity contribution in [3.8, 4) is 0 Å². The smallest absolute Gasteiger partial charge is 0.122 e. The molecule has 0 aliphatic carbocycles. The summed E-state index contributed by atoms with van der Waals surface area (Å²) in [5.74, 6) is 0. The molecule has 15 heavy (non-hydrogen) atoms. The molecule has 1 aromatic rings. The Kier molecular flexibility index (Phi) is 5.02. The maximum Gasteiger partial charge on any atom is 0.122 e. The summed E-state index contributed by atoms with van der Waals surface area (Å²) < 4.78 is 5.71. The summed E-state index contributed by atoms with van der Waals surface area (Å²) >= 11 is 7.22.